The van der Waals surface area contributed by atoms with E-state index in [2.05, 4.69) is 10.2 Å². The number of carbonyl (C=O) groups excluding carboxylic acids is 1. The van der Waals surface area contributed by atoms with Crippen LogP contribution in [-0.2, 0) is 11.3 Å². The Morgan fingerprint density at radius 3 is 2.66 bits per heavy atom. The number of methoxy groups -OCH3 is 2. The molecule has 3 rings (SSSR count). The molecule has 6 heteroatoms. The van der Waals surface area contributed by atoms with E-state index in [1.54, 1.807) is 26.4 Å². The first-order valence-corrected chi connectivity index (χ1v) is 9.99. The fourth-order valence-corrected chi connectivity index (χ4v) is 3.85. The molecule has 1 saturated heterocycles. The number of hydrogen-bond donors (Lipinski definition) is 1. The number of carbonyl (C=O) groups is 1. The third kappa shape index (κ3) is 5.48. The first-order chi connectivity index (χ1) is 14.0. The van der Waals surface area contributed by atoms with E-state index in [4.69, 9.17) is 9.47 Å². The summed E-state index contributed by atoms with van der Waals surface area (Å²) in [6.45, 7) is 4.32. The van der Waals surface area contributed by atoms with E-state index in [0.717, 1.165) is 48.6 Å². The minimum atomic E-state index is -0.230. The normalized spacial score (nSPS) is 18.1. The SMILES string of the molecule is COc1ccc(OC)c([C@H](C)NC(=O)[C@@H]2CCCN(Cc3ccc(F)cc3)C2)c1. The van der Waals surface area contributed by atoms with Crippen molar-refractivity contribution in [1.29, 1.82) is 0 Å². The molecule has 0 aliphatic carbocycles. The first kappa shape index (κ1) is 21.1. The smallest absolute Gasteiger partial charge is 0.224 e. The molecular formula is C23H29FN2O3. The third-order valence-electron chi connectivity index (χ3n) is 5.46. The average Bonchev–Trinajstić information content (AvgIpc) is 2.75. The number of likely N-dealkylation sites (tertiary alicyclic amines) is 1. The van der Waals surface area contributed by atoms with Crippen molar-refractivity contribution in [1.82, 2.24) is 10.2 Å². The van der Waals surface area contributed by atoms with Crippen LogP contribution in [0.1, 0.15) is 36.9 Å². The number of amides is 1. The van der Waals surface area contributed by atoms with Gasteiger partial charge in [0.05, 0.1) is 26.2 Å². The lowest BCUT2D eigenvalue weighted by molar-refractivity contribution is -0.127. The van der Waals surface area contributed by atoms with Gasteiger partial charge in [0.2, 0.25) is 5.91 Å². The Balaban J connectivity index is 1.62. The monoisotopic (exact) mass is 400 g/mol. The Morgan fingerprint density at radius 1 is 1.21 bits per heavy atom. The van der Waals surface area contributed by atoms with Gasteiger partial charge in [-0.2, -0.15) is 0 Å². The molecule has 1 heterocycles. The predicted molar refractivity (Wildman–Crippen MR) is 111 cm³/mol. The maximum absolute atomic E-state index is 13.1. The van der Waals surface area contributed by atoms with Crippen molar-refractivity contribution >= 4 is 5.91 Å². The van der Waals surface area contributed by atoms with Gasteiger partial charge in [0.25, 0.3) is 0 Å². The van der Waals surface area contributed by atoms with Crippen LogP contribution in [0.5, 0.6) is 11.5 Å². The van der Waals surface area contributed by atoms with Gasteiger partial charge in [-0.3, -0.25) is 9.69 Å². The maximum Gasteiger partial charge on any atom is 0.224 e. The van der Waals surface area contributed by atoms with Gasteiger partial charge in [-0.25, -0.2) is 4.39 Å². The van der Waals surface area contributed by atoms with Crippen molar-refractivity contribution in [2.75, 3.05) is 27.3 Å². The fraction of sp³-hybridized carbons (Fsp3) is 0.435. The molecule has 2 atom stereocenters. The van der Waals surface area contributed by atoms with E-state index < -0.39 is 0 Å². The summed E-state index contributed by atoms with van der Waals surface area (Å²) >= 11 is 0. The lowest BCUT2D eigenvalue weighted by Crippen LogP contribution is -2.43. The zero-order chi connectivity index (χ0) is 20.8. The second-order valence-electron chi connectivity index (χ2n) is 7.54. The van der Waals surface area contributed by atoms with E-state index in [0.29, 0.717) is 6.54 Å². The van der Waals surface area contributed by atoms with Gasteiger partial charge < -0.3 is 14.8 Å². The van der Waals surface area contributed by atoms with Gasteiger partial charge >= 0.3 is 0 Å². The Morgan fingerprint density at radius 2 is 1.97 bits per heavy atom. The molecule has 5 nitrogen and oxygen atoms in total. The lowest BCUT2D eigenvalue weighted by Gasteiger charge is -2.32. The molecular weight excluding hydrogens is 371 g/mol. The van der Waals surface area contributed by atoms with Gasteiger partial charge in [-0.05, 0) is 62.2 Å². The highest BCUT2D eigenvalue weighted by molar-refractivity contribution is 5.79. The van der Waals surface area contributed by atoms with Crippen LogP contribution in [0.3, 0.4) is 0 Å². The summed E-state index contributed by atoms with van der Waals surface area (Å²) in [5.41, 5.74) is 1.95. The predicted octanol–water partition coefficient (Wildman–Crippen LogP) is 3.93. The van der Waals surface area contributed by atoms with Crippen molar-refractivity contribution in [3.8, 4) is 11.5 Å². The van der Waals surface area contributed by atoms with E-state index in [-0.39, 0.29) is 23.7 Å². The number of benzene rings is 2. The van der Waals surface area contributed by atoms with E-state index >= 15 is 0 Å². The summed E-state index contributed by atoms with van der Waals surface area (Å²) in [7, 11) is 3.24. The number of piperidine rings is 1. The van der Waals surface area contributed by atoms with Gasteiger partial charge in [0.1, 0.15) is 17.3 Å². The Bertz CT molecular complexity index is 825. The van der Waals surface area contributed by atoms with E-state index in [1.807, 2.05) is 25.1 Å². The molecule has 1 N–H and O–H groups in total. The van der Waals surface area contributed by atoms with Crippen LogP contribution in [0.2, 0.25) is 0 Å². The van der Waals surface area contributed by atoms with Gasteiger partial charge in [-0.15, -0.1) is 0 Å². The average molecular weight is 400 g/mol. The van der Waals surface area contributed by atoms with Crippen LogP contribution in [0.25, 0.3) is 0 Å². The van der Waals surface area contributed by atoms with Crippen molar-refractivity contribution in [2.24, 2.45) is 5.92 Å². The number of halogens is 1. The molecule has 0 radical (unpaired) electrons. The summed E-state index contributed by atoms with van der Waals surface area (Å²) in [5, 5.41) is 3.13. The van der Waals surface area contributed by atoms with Crippen LogP contribution >= 0.6 is 0 Å². The summed E-state index contributed by atoms with van der Waals surface area (Å²) in [6.07, 6.45) is 1.84. The summed E-state index contributed by atoms with van der Waals surface area (Å²) in [4.78, 5) is 15.2. The second-order valence-corrected chi connectivity index (χ2v) is 7.54. The number of ether oxygens (including phenoxy) is 2. The summed E-state index contributed by atoms with van der Waals surface area (Å²) in [5.74, 6) is 1.20. The van der Waals surface area contributed by atoms with E-state index in [1.165, 1.54) is 12.1 Å². The second kappa shape index (κ2) is 9.74. The largest absolute Gasteiger partial charge is 0.497 e. The molecule has 1 aliphatic rings. The topological polar surface area (TPSA) is 50.8 Å². The quantitative estimate of drug-likeness (QED) is 0.765. The van der Waals surface area contributed by atoms with Gasteiger partial charge in [-0.1, -0.05) is 12.1 Å². The van der Waals surface area contributed by atoms with Crippen molar-refractivity contribution in [3.05, 3.63) is 59.4 Å². The van der Waals surface area contributed by atoms with Crippen molar-refractivity contribution in [3.63, 3.8) is 0 Å². The Hall–Kier alpha value is -2.60. The zero-order valence-electron chi connectivity index (χ0n) is 17.3. The van der Waals surface area contributed by atoms with Crippen molar-refractivity contribution in [2.45, 2.75) is 32.4 Å². The molecule has 0 aromatic heterocycles. The first-order valence-electron chi connectivity index (χ1n) is 9.99. The number of nitrogens with zero attached hydrogens (tertiary/aromatic N) is 1. The van der Waals surface area contributed by atoms with Gasteiger partial charge in [0, 0.05) is 18.7 Å². The number of hydrogen-bond acceptors (Lipinski definition) is 4. The minimum Gasteiger partial charge on any atom is -0.497 e. The zero-order valence-corrected chi connectivity index (χ0v) is 17.3. The molecule has 0 spiro atoms. The number of rotatable bonds is 7. The van der Waals surface area contributed by atoms with Crippen molar-refractivity contribution < 1.29 is 18.7 Å². The highest BCUT2D eigenvalue weighted by Crippen LogP contribution is 2.30. The molecule has 0 unspecified atom stereocenters. The molecule has 0 bridgehead atoms. The standard InChI is InChI=1S/C23H29FN2O3/c1-16(21-13-20(28-2)10-11-22(21)29-3)25-23(27)18-5-4-12-26(15-18)14-17-6-8-19(24)9-7-17/h6-11,13,16,18H,4-5,12,14-15H2,1-3H3,(H,25,27)/t16-,18+/m0/s1. The minimum absolute atomic E-state index is 0.0474. The van der Waals surface area contributed by atoms with Crippen LogP contribution in [0, 0.1) is 11.7 Å². The van der Waals surface area contributed by atoms with Gasteiger partial charge in [0.15, 0.2) is 0 Å². The maximum atomic E-state index is 13.1. The lowest BCUT2D eigenvalue weighted by atomic mass is 9.95. The number of nitrogens with one attached hydrogen (secondary N) is 1. The molecule has 1 aliphatic heterocycles. The Labute approximate surface area is 171 Å². The highest BCUT2D eigenvalue weighted by atomic mass is 19.1. The molecule has 156 valence electrons. The Kier molecular flexibility index (Phi) is 7.09. The molecule has 0 saturated carbocycles. The van der Waals surface area contributed by atoms with Crippen LogP contribution in [-0.4, -0.2) is 38.1 Å². The van der Waals surface area contributed by atoms with Crippen LogP contribution < -0.4 is 14.8 Å². The summed E-state index contributed by atoms with van der Waals surface area (Å²) in [6, 6.07) is 11.9. The molecule has 1 amide bonds. The molecule has 2 aromatic carbocycles. The summed E-state index contributed by atoms with van der Waals surface area (Å²) < 4.78 is 23.9. The third-order valence-corrected chi connectivity index (χ3v) is 5.46. The van der Waals surface area contributed by atoms with Crippen LogP contribution in [0.4, 0.5) is 4.39 Å². The fourth-order valence-electron chi connectivity index (χ4n) is 3.85. The molecule has 1 fully saturated rings. The van der Waals surface area contributed by atoms with E-state index in [9.17, 15) is 9.18 Å². The molecule has 2 aromatic rings. The van der Waals surface area contributed by atoms with Crippen LogP contribution in [0.15, 0.2) is 42.5 Å². The highest BCUT2D eigenvalue weighted by Gasteiger charge is 2.27. The molecule has 29 heavy (non-hydrogen) atoms.